The van der Waals surface area contributed by atoms with Crippen LogP contribution in [0.25, 0.3) is 11.4 Å². The highest BCUT2D eigenvalue weighted by atomic mass is 79.9. The minimum absolute atomic E-state index is 0.480. The molecule has 1 heterocycles. The van der Waals surface area contributed by atoms with E-state index in [9.17, 15) is 0 Å². The zero-order chi connectivity index (χ0) is 11.7. The maximum absolute atomic E-state index is 5.66. The Morgan fingerprint density at radius 2 is 2.19 bits per heavy atom. The van der Waals surface area contributed by atoms with Crippen molar-refractivity contribution in [2.45, 2.75) is 13.5 Å². The molecule has 1 aromatic carbocycles. The van der Waals surface area contributed by atoms with Crippen LogP contribution in [-0.2, 0) is 13.6 Å². The fraction of sp³-hybridized carbons (Fsp3) is 0.250. The third-order valence-electron chi connectivity index (χ3n) is 2.76. The standard InChI is InChI=1S/C12H14BrN3/c1-8-11(7-14)15-12(16(8)2)9-4-3-5-10(13)6-9/h3-6H,7,14H2,1-2H3. The van der Waals surface area contributed by atoms with Gasteiger partial charge in [-0.05, 0) is 19.1 Å². The Hall–Kier alpha value is -1.13. The van der Waals surface area contributed by atoms with Crippen LogP contribution in [0.3, 0.4) is 0 Å². The van der Waals surface area contributed by atoms with Crippen LogP contribution in [0.1, 0.15) is 11.4 Å². The summed E-state index contributed by atoms with van der Waals surface area (Å²) in [5, 5.41) is 0. The monoisotopic (exact) mass is 279 g/mol. The van der Waals surface area contributed by atoms with Crippen molar-refractivity contribution in [2.75, 3.05) is 0 Å². The predicted octanol–water partition coefficient (Wildman–Crippen LogP) is 2.62. The van der Waals surface area contributed by atoms with Gasteiger partial charge in [-0.25, -0.2) is 4.98 Å². The molecule has 0 amide bonds. The van der Waals surface area contributed by atoms with Crippen molar-refractivity contribution in [3.8, 4) is 11.4 Å². The van der Waals surface area contributed by atoms with Crippen LogP contribution in [0, 0.1) is 6.92 Å². The van der Waals surface area contributed by atoms with Crippen LogP contribution < -0.4 is 5.73 Å². The minimum atomic E-state index is 0.480. The van der Waals surface area contributed by atoms with E-state index in [0.29, 0.717) is 6.54 Å². The van der Waals surface area contributed by atoms with E-state index in [0.717, 1.165) is 27.2 Å². The third-order valence-corrected chi connectivity index (χ3v) is 3.25. The molecule has 0 saturated carbocycles. The van der Waals surface area contributed by atoms with Crippen molar-refractivity contribution >= 4 is 15.9 Å². The molecule has 16 heavy (non-hydrogen) atoms. The summed E-state index contributed by atoms with van der Waals surface area (Å²) < 4.78 is 3.13. The van der Waals surface area contributed by atoms with Gasteiger partial charge in [0.25, 0.3) is 0 Å². The minimum Gasteiger partial charge on any atom is -0.331 e. The summed E-state index contributed by atoms with van der Waals surface area (Å²) in [6.07, 6.45) is 0. The Balaban J connectivity index is 2.56. The molecule has 0 aliphatic rings. The summed E-state index contributed by atoms with van der Waals surface area (Å²) in [7, 11) is 2.01. The molecular formula is C12H14BrN3. The number of rotatable bonds is 2. The Morgan fingerprint density at radius 3 is 2.75 bits per heavy atom. The van der Waals surface area contributed by atoms with E-state index in [1.54, 1.807) is 0 Å². The molecule has 0 aliphatic heterocycles. The van der Waals surface area contributed by atoms with Gasteiger partial charge in [0.05, 0.1) is 5.69 Å². The first-order valence-electron chi connectivity index (χ1n) is 5.11. The average molecular weight is 280 g/mol. The summed E-state index contributed by atoms with van der Waals surface area (Å²) >= 11 is 3.46. The normalized spacial score (nSPS) is 10.8. The van der Waals surface area contributed by atoms with Crippen LogP contribution >= 0.6 is 15.9 Å². The SMILES string of the molecule is Cc1c(CN)nc(-c2cccc(Br)c2)n1C. The number of nitrogens with zero attached hydrogens (tertiary/aromatic N) is 2. The number of nitrogens with two attached hydrogens (primary N) is 1. The third kappa shape index (κ3) is 1.90. The topological polar surface area (TPSA) is 43.8 Å². The van der Waals surface area contributed by atoms with Gasteiger partial charge in [0.1, 0.15) is 5.82 Å². The van der Waals surface area contributed by atoms with Gasteiger partial charge in [0.15, 0.2) is 0 Å². The maximum Gasteiger partial charge on any atom is 0.140 e. The highest BCUT2D eigenvalue weighted by Crippen LogP contribution is 2.23. The Bertz CT molecular complexity index is 517. The highest BCUT2D eigenvalue weighted by Gasteiger charge is 2.11. The molecule has 3 nitrogen and oxygen atoms in total. The number of hydrogen-bond donors (Lipinski definition) is 1. The number of aromatic nitrogens is 2. The fourth-order valence-corrected chi connectivity index (χ4v) is 2.11. The van der Waals surface area contributed by atoms with Gasteiger partial charge < -0.3 is 10.3 Å². The maximum atomic E-state index is 5.66. The van der Waals surface area contributed by atoms with Gasteiger partial charge in [-0.15, -0.1) is 0 Å². The predicted molar refractivity (Wildman–Crippen MR) is 69.0 cm³/mol. The number of benzene rings is 1. The van der Waals surface area contributed by atoms with Gasteiger partial charge in [0, 0.05) is 29.3 Å². The van der Waals surface area contributed by atoms with Gasteiger partial charge in [-0.3, -0.25) is 0 Å². The zero-order valence-electron chi connectivity index (χ0n) is 9.37. The molecule has 0 fully saturated rings. The summed E-state index contributed by atoms with van der Waals surface area (Å²) in [6.45, 7) is 2.52. The number of halogens is 1. The lowest BCUT2D eigenvalue weighted by atomic mass is 10.2. The Labute approximate surface area is 103 Å². The van der Waals surface area contributed by atoms with Crippen molar-refractivity contribution in [1.29, 1.82) is 0 Å². The first-order valence-corrected chi connectivity index (χ1v) is 5.91. The second-order valence-electron chi connectivity index (χ2n) is 3.74. The summed E-state index contributed by atoms with van der Waals surface area (Å²) in [5.74, 6) is 0.958. The molecule has 84 valence electrons. The van der Waals surface area contributed by atoms with Gasteiger partial charge in [0.2, 0.25) is 0 Å². The van der Waals surface area contributed by atoms with Crippen LogP contribution in [-0.4, -0.2) is 9.55 Å². The molecule has 0 unspecified atom stereocenters. The van der Waals surface area contributed by atoms with E-state index in [4.69, 9.17) is 5.73 Å². The number of hydrogen-bond acceptors (Lipinski definition) is 2. The van der Waals surface area contributed by atoms with Crippen LogP contribution in [0.2, 0.25) is 0 Å². The summed E-state index contributed by atoms with van der Waals surface area (Å²) in [6, 6.07) is 8.11. The highest BCUT2D eigenvalue weighted by molar-refractivity contribution is 9.10. The van der Waals surface area contributed by atoms with E-state index in [2.05, 4.69) is 31.5 Å². The number of imidazole rings is 1. The molecule has 4 heteroatoms. The lowest BCUT2D eigenvalue weighted by Gasteiger charge is -2.03. The molecule has 0 aliphatic carbocycles. The van der Waals surface area contributed by atoms with Gasteiger partial charge in [-0.1, -0.05) is 28.1 Å². The van der Waals surface area contributed by atoms with Crippen LogP contribution in [0.5, 0.6) is 0 Å². The average Bonchev–Trinajstić information content (AvgIpc) is 2.56. The summed E-state index contributed by atoms with van der Waals surface area (Å²) in [5.41, 5.74) is 8.83. The Kier molecular flexibility index (Phi) is 3.12. The van der Waals surface area contributed by atoms with Crippen LogP contribution in [0.4, 0.5) is 0 Å². The van der Waals surface area contributed by atoms with Crippen molar-refractivity contribution < 1.29 is 0 Å². The molecule has 2 aromatic rings. The van der Waals surface area contributed by atoms with E-state index >= 15 is 0 Å². The zero-order valence-corrected chi connectivity index (χ0v) is 11.0. The van der Waals surface area contributed by atoms with Crippen molar-refractivity contribution in [1.82, 2.24) is 9.55 Å². The van der Waals surface area contributed by atoms with E-state index in [1.807, 2.05) is 32.2 Å². The summed E-state index contributed by atoms with van der Waals surface area (Å²) in [4.78, 5) is 4.56. The molecule has 0 atom stereocenters. The first kappa shape index (κ1) is 11.4. The van der Waals surface area contributed by atoms with Crippen molar-refractivity contribution in [3.05, 3.63) is 40.1 Å². The molecule has 0 spiro atoms. The largest absolute Gasteiger partial charge is 0.331 e. The second-order valence-corrected chi connectivity index (χ2v) is 4.66. The molecule has 0 bridgehead atoms. The first-order chi connectivity index (χ1) is 7.63. The Morgan fingerprint density at radius 1 is 1.44 bits per heavy atom. The molecule has 1 aromatic heterocycles. The molecule has 0 radical (unpaired) electrons. The molecular weight excluding hydrogens is 266 g/mol. The van der Waals surface area contributed by atoms with E-state index in [1.165, 1.54) is 0 Å². The smallest absolute Gasteiger partial charge is 0.140 e. The van der Waals surface area contributed by atoms with Gasteiger partial charge >= 0.3 is 0 Å². The lowest BCUT2D eigenvalue weighted by Crippen LogP contribution is -1.99. The molecule has 0 saturated heterocycles. The molecule has 2 N–H and O–H groups in total. The van der Waals surface area contributed by atoms with Crippen LogP contribution in [0.15, 0.2) is 28.7 Å². The van der Waals surface area contributed by atoms with Gasteiger partial charge in [-0.2, -0.15) is 0 Å². The van der Waals surface area contributed by atoms with Crippen molar-refractivity contribution in [2.24, 2.45) is 12.8 Å². The molecule has 2 rings (SSSR count). The van der Waals surface area contributed by atoms with E-state index in [-0.39, 0.29) is 0 Å². The second kappa shape index (κ2) is 4.39. The van der Waals surface area contributed by atoms with Crippen molar-refractivity contribution in [3.63, 3.8) is 0 Å². The quantitative estimate of drug-likeness (QED) is 0.919. The fourth-order valence-electron chi connectivity index (χ4n) is 1.72. The van der Waals surface area contributed by atoms with E-state index < -0.39 is 0 Å². The lowest BCUT2D eigenvalue weighted by molar-refractivity contribution is 0.873.